The van der Waals surface area contributed by atoms with Crippen molar-refractivity contribution in [2.45, 2.75) is 4.90 Å². The summed E-state index contributed by atoms with van der Waals surface area (Å²) < 4.78 is 33.3. The van der Waals surface area contributed by atoms with Crippen molar-refractivity contribution in [3.8, 4) is 0 Å². The summed E-state index contributed by atoms with van der Waals surface area (Å²) in [6.07, 6.45) is 0. The highest BCUT2D eigenvalue weighted by Crippen LogP contribution is 2.36. The first-order chi connectivity index (χ1) is 7.98. The van der Waals surface area contributed by atoms with Crippen LogP contribution in [0.2, 0.25) is 0 Å². The molecule has 2 aromatic rings. The number of carbonyl (C=O) groups is 1. The number of hydrogen-bond donors (Lipinski definition) is 1. The summed E-state index contributed by atoms with van der Waals surface area (Å²) in [5.41, 5.74) is 0.927. The molecule has 0 bridgehead atoms. The van der Waals surface area contributed by atoms with E-state index in [-0.39, 0.29) is 16.2 Å². The van der Waals surface area contributed by atoms with E-state index in [4.69, 9.17) is 0 Å². The molecule has 1 amide bonds. The fourth-order valence-electron chi connectivity index (χ4n) is 2.08. The number of hydrogen-bond acceptors (Lipinski definition) is 4. The fourth-order valence-corrected chi connectivity index (χ4v) is 2.76. The van der Waals surface area contributed by atoms with Crippen LogP contribution in [0, 0.1) is 0 Å². The Morgan fingerprint density at radius 2 is 1.88 bits per heavy atom. The van der Waals surface area contributed by atoms with Crippen LogP contribution in [0.5, 0.6) is 0 Å². The Morgan fingerprint density at radius 1 is 1.12 bits per heavy atom. The van der Waals surface area contributed by atoms with Crippen LogP contribution in [-0.2, 0) is 10.1 Å². The highest BCUT2D eigenvalue weighted by molar-refractivity contribution is 7.86. The Bertz CT molecular complexity index is 764. The number of benzene rings is 2. The van der Waals surface area contributed by atoms with Gasteiger partial charge in [0.15, 0.2) is 0 Å². The predicted octanol–water partition coefficient (Wildman–Crippen LogP) is 1.31. The van der Waals surface area contributed by atoms with Gasteiger partial charge in [0.25, 0.3) is 5.91 Å². The van der Waals surface area contributed by atoms with Crippen molar-refractivity contribution >= 4 is 32.5 Å². The average Bonchev–Trinajstić information content (AvgIpc) is 2.57. The Hall–Kier alpha value is -1.92. The first-order valence-corrected chi connectivity index (χ1v) is 6.22. The molecule has 0 unspecified atom stereocenters. The van der Waals surface area contributed by atoms with Gasteiger partial charge in [0, 0.05) is 22.0 Å². The zero-order valence-corrected chi connectivity index (χ0v) is 9.24. The maximum atomic E-state index is 11.6. The number of rotatable bonds is 1. The van der Waals surface area contributed by atoms with Gasteiger partial charge in [-0.3, -0.25) is 4.79 Å². The fraction of sp³-hybridized carbons (Fsp3) is 0. The molecule has 0 aliphatic carbocycles. The van der Waals surface area contributed by atoms with Crippen molar-refractivity contribution in [2.24, 2.45) is 0 Å². The Labute approximate surface area is 96.8 Å². The summed E-state index contributed by atoms with van der Waals surface area (Å²) in [5.74, 6) is -0.286. The van der Waals surface area contributed by atoms with Crippen LogP contribution in [0.3, 0.4) is 0 Å². The zero-order chi connectivity index (χ0) is 12.2. The predicted molar refractivity (Wildman–Crippen MR) is 59.9 cm³/mol. The van der Waals surface area contributed by atoms with Gasteiger partial charge in [0.1, 0.15) is 10.1 Å². The van der Waals surface area contributed by atoms with Gasteiger partial charge in [-0.05, 0) is 18.2 Å². The van der Waals surface area contributed by atoms with Crippen molar-refractivity contribution in [2.75, 3.05) is 5.32 Å². The van der Waals surface area contributed by atoms with Crippen molar-refractivity contribution in [3.05, 3.63) is 35.9 Å². The Morgan fingerprint density at radius 3 is 2.59 bits per heavy atom. The molecule has 86 valence electrons. The number of nitrogens with one attached hydrogen (secondary N) is 1. The van der Waals surface area contributed by atoms with Crippen molar-refractivity contribution in [1.29, 1.82) is 0 Å². The van der Waals surface area contributed by atoms with Crippen molar-refractivity contribution < 1.29 is 17.8 Å². The highest BCUT2D eigenvalue weighted by Gasteiger charge is 2.23. The summed E-state index contributed by atoms with van der Waals surface area (Å²) in [7, 11) is -4.54. The third-order valence-electron chi connectivity index (χ3n) is 2.76. The maximum Gasteiger partial charge on any atom is 0.256 e. The molecule has 1 aliphatic heterocycles. The second-order valence-electron chi connectivity index (χ2n) is 3.75. The molecule has 0 saturated carbocycles. The lowest BCUT2D eigenvalue weighted by molar-refractivity contribution is 0.103. The van der Waals surface area contributed by atoms with Crippen LogP contribution in [-0.4, -0.2) is 18.9 Å². The van der Waals surface area contributed by atoms with E-state index >= 15 is 0 Å². The van der Waals surface area contributed by atoms with Gasteiger partial charge in [-0.1, -0.05) is 12.1 Å². The summed E-state index contributed by atoms with van der Waals surface area (Å²) in [6.45, 7) is 0. The van der Waals surface area contributed by atoms with Crippen LogP contribution >= 0.6 is 0 Å². The Kier molecular flexibility index (Phi) is 1.84. The molecule has 0 saturated heterocycles. The minimum Gasteiger partial charge on any atom is -0.744 e. The molecule has 0 aromatic heterocycles. The molecule has 1 aliphatic rings. The van der Waals surface area contributed by atoms with Gasteiger partial charge in [0.2, 0.25) is 0 Å². The van der Waals surface area contributed by atoms with E-state index in [1.54, 1.807) is 12.1 Å². The van der Waals surface area contributed by atoms with Crippen molar-refractivity contribution in [3.63, 3.8) is 0 Å². The minimum atomic E-state index is -4.54. The molecule has 5 nitrogen and oxygen atoms in total. The van der Waals surface area contributed by atoms with E-state index in [9.17, 15) is 17.8 Å². The van der Waals surface area contributed by atoms with Crippen molar-refractivity contribution in [1.82, 2.24) is 0 Å². The average molecular weight is 248 g/mol. The monoisotopic (exact) mass is 248 g/mol. The minimum absolute atomic E-state index is 0.286. The normalized spacial score (nSPS) is 14.1. The lowest BCUT2D eigenvalue weighted by Gasteiger charge is -2.10. The molecule has 0 radical (unpaired) electrons. The smallest absolute Gasteiger partial charge is 0.256 e. The molecule has 6 heteroatoms. The summed E-state index contributed by atoms with van der Waals surface area (Å²) >= 11 is 0. The van der Waals surface area contributed by atoms with E-state index in [1.165, 1.54) is 18.2 Å². The summed E-state index contributed by atoms with van der Waals surface area (Å²) in [4.78, 5) is 11.3. The maximum absolute atomic E-state index is 11.6. The molecule has 0 atom stereocenters. The van der Waals surface area contributed by atoms with E-state index in [0.29, 0.717) is 16.6 Å². The van der Waals surface area contributed by atoms with Gasteiger partial charge in [-0.15, -0.1) is 0 Å². The number of carbonyl (C=O) groups excluding carboxylic acids is 1. The van der Waals surface area contributed by atoms with Crippen LogP contribution in [0.1, 0.15) is 10.4 Å². The van der Waals surface area contributed by atoms with Gasteiger partial charge in [-0.2, -0.15) is 0 Å². The van der Waals surface area contributed by atoms with Gasteiger partial charge < -0.3 is 9.87 Å². The van der Waals surface area contributed by atoms with Crippen LogP contribution in [0.25, 0.3) is 10.8 Å². The van der Waals surface area contributed by atoms with Crippen LogP contribution in [0.15, 0.2) is 35.2 Å². The topological polar surface area (TPSA) is 86.3 Å². The molecule has 0 fully saturated rings. The number of amides is 1. The molecule has 17 heavy (non-hydrogen) atoms. The second-order valence-corrected chi connectivity index (χ2v) is 5.10. The number of anilines is 1. The quantitative estimate of drug-likeness (QED) is 0.771. The van der Waals surface area contributed by atoms with Gasteiger partial charge in [-0.25, -0.2) is 8.42 Å². The van der Waals surface area contributed by atoms with Gasteiger partial charge >= 0.3 is 0 Å². The zero-order valence-electron chi connectivity index (χ0n) is 8.43. The third-order valence-corrected chi connectivity index (χ3v) is 3.66. The Balaban J connectivity index is 2.54. The summed E-state index contributed by atoms with van der Waals surface area (Å²) in [6, 6.07) is 7.32. The molecule has 2 aromatic carbocycles. The molecular formula is C11H6NO4S-. The largest absolute Gasteiger partial charge is 0.744 e. The van der Waals surface area contributed by atoms with E-state index in [0.717, 1.165) is 0 Å². The lowest BCUT2D eigenvalue weighted by atomic mass is 10.1. The van der Waals surface area contributed by atoms with Gasteiger partial charge in [0.05, 0.1) is 4.90 Å². The second kappa shape index (κ2) is 3.06. The first kappa shape index (κ1) is 10.2. The van der Waals surface area contributed by atoms with Crippen LogP contribution in [0.4, 0.5) is 5.69 Å². The lowest BCUT2D eigenvalue weighted by Crippen LogP contribution is -2.03. The SMILES string of the molecule is O=C1Nc2ccc(S(=O)(=O)[O-])c3cccc1c23. The molecule has 1 N–H and O–H groups in total. The third kappa shape index (κ3) is 1.35. The molecule has 3 rings (SSSR count). The van der Waals surface area contributed by atoms with Crippen LogP contribution < -0.4 is 5.32 Å². The molecule has 0 spiro atoms. The summed E-state index contributed by atoms with van der Waals surface area (Å²) in [5, 5.41) is 3.39. The molecule has 1 heterocycles. The molecular weight excluding hydrogens is 242 g/mol. The standard InChI is InChI=1S/C11H7NO4S/c13-11-7-3-1-2-6-9(17(14,15)16)5-4-8(12-11)10(6)7/h1-5H,(H,12,13)(H,14,15,16)/p-1. The van der Waals surface area contributed by atoms with E-state index < -0.39 is 10.1 Å². The van der Waals surface area contributed by atoms with E-state index in [2.05, 4.69) is 5.32 Å². The first-order valence-electron chi connectivity index (χ1n) is 4.81. The van der Waals surface area contributed by atoms with E-state index in [1.807, 2.05) is 0 Å². The highest BCUT2D eigenvalue weighted by atomic mass is 32.2.